The lowest BCUT2D eigenvalue weighted by Crippen LogP contribution is -2.36. The fourth-order valence-corrected chi connectivity index (χ4v) is 3.72. The van der Waals surface area contributed by atoms with Gasteiger partial charge in [-0.05, 0) is 54.8 Å². The molecule has 0 radical (unpaired) electrons. The van der Waals surface area contributed by atoms with Crippen molar-refractivity contribution in [3.8, 4) is 11.5 Å². The number of esters is 1. The Bertz CT molecular complexity index is 1030. The van der Waals surface area contributed by atoms with Gasteiger partial charge in [0.1, 0.15) is 18.1 Å². The molecule has 3 aromatic rings. The molecule has 0 saturated heterocycles. The molecule has 7 nitrogen and oxygen atoms in total. The molecule has 0 aliphatic heterocycles. The van der Waals surface area contributed by atoms with E-state index in [9.17, 15) is 9.59 Å². The first kappa shape index (κ1) is 21.8. The van der Waals surface area contributed by atoms with Crippen LogP contribution in [0, 0.1) is 0 Å². The summed E-state index contributed by atoms with van der Waals surface area (Å²) in [5, 5.41) is 1.92. The molecule has 1 aliphatic rings. The number of benzene rings is 2. The average molecular weight is 453 g/mol. The van der Waals surface area contributed by atoms with Crippen molar-refractivity contribution in [2.45, 2.75) is 32.0 Å². The van der Waals surface area contributed by atoms with Gasteiger partial charge in [0.2, 0.25) is 0 Å². The first-order valence-corrected chi connectivity index (χ1v) is 11.3. The molecule has 4 rings (SSSR count). The van der Waals surface area contributed by atoms with Crippen LogP contribution in [0.25, 0.3) is 0 Å². The third-order valence-electron chi connectivity index (χ3n) is 5.11. The minimum absolute atomic E-state index is 0.195. The quantitative estimate of drug-likeness (QED) is 0.432. The van der Waals surface area contributed by atoms with Crippen molar-refractivity contribution < 1.29 is 23.8 Å². The van der Waals surface area contributed by atoms with Crippen LogP contribution >= 0.6 is 11.3 Å². The summed E-state index contributed by atoms with van der Waals surface area (Å²) in [6.07, 6.45) is 1.94. The number of aromatic nitrogens is 1. The van der Waals surface area contributed by atoms with Crippen molar-refractivity contribution in [3.63, 3.8) is 0 Å². The van der Waals surface area contributed by atoms with Crippen molar-refractivity contribution in [1.82, 2.24) is 9.88 Å². The SMILES string of the molecule is COc1ccc(CN(C(=O)COC(=O)c2ccc(OCc3cscn3)cc2)C2CC2)cc1. The lowest BCUT2D eigenvalue weighted by molar-refractivity contribution is -0.135. The van der Waals surface area contributed by atoms with Gasteiger partial charge in [0.25, 0.3) is 5.91 Å². The lowest BCUT2D eigenvalue weighted by Gasteiger charge is -2.22. The Morgan fingerprint density at radius 1 is 1.06 bits per heavy atom. The Labute approximate surface area is 190 Å². The minimum Gasteiger partial charge on any atom is -0.497 e. The summed E-state index contributed by atoms with van der Waals surface area (Å²) in [5.41, 5.74) is 3.98. The van der Waals surface area contributed by atoms with E-state index in [2.05, 4.69) is 4.98 Å². The average Bonchev–Trinajstić information content (AvgIpc) is 3.54. The molecule has 1 aliphatic carbocycles. The highest BCUT2D eigenvalue weighted by molar-refractivity contribution is 7.07. The van der Waals surface area contributed by atoms with Gasteiger partial charge < -0.3 is 19.1 Å². The second-order valence-electron chi connectivity index (χ2n) is 7.47. The highest BCUT2D eigenvalue weighted by atomic mass is 32.1. The van der Waals surface area contributed by atoms with Gasteiger partial charge in [-0.25, -0.2) is 9.78 Å². The van der Waals surface area contributed by atoms with Gasteiger partial charge in [-0.15, -0.1) is 11.3 Å². The van der Waals surface area contributed by atoms with Crippen LogP contribution in [0.2, 0.25) is 0 Å². The molecule has 2 aromatic carbocycles. The second kappa shape index (κ2) is 10.3. The van der Waals surface area contributed by atoms with Crippen molar-refractivity contribution in [2.24, 2.45) is 0 Å². The fourth-order valence-electron chi connectivity index (χ4n) is 3.18. The van der Waals surface area contributed by atoms with Crippen LogP contribution in [0.5, 0.6) is 11.5 Å². The number of hydrogen-bond acceptors (Lipinski definition) is 7. The van der Waals surface area contributed by atoms with E-state index in [4.69, 9.17) is 14.2 Å². The molecule has 1 fully saturated rings. The van der Waals surface area contributed by atoms with E-state index in [1.54, 1.807) is 41.8 Å². The predicted molar refractivity (Wildman–Crippen MR) is 120 cm³/mol. The third kappa shape index (κ3) is 5.85. The fraction of sp³-hybridized carbons (Fsp3) is 0.292. The van der Waals surface area contributed by atoms with Gasteiger partial charge in [0, 0.05) is 18.0 Å². The summed E-state index contributed by atoms with van der Waals surface area (Å²) in [5.74, 6) is 0.668. The summed E-state index contributed by atoms with van der Waals surface area (Å²) >= 11 is 1.51. The van der Waals surface area contributed by atoms with Crippen LogP contribution in [0.1, 0.15) is 34.5 Å². The molecule has 0 spiro atoms. The standard InChI is InChI=1S/C24H24N2O5S/c1-29-21-8-2-17(3-9-21)12-26(20-6-7-20)23(27)14-31-24(28)18-4-10-22(11-5-18)30-13-19-15-32-16-25-19/h2-5,8-11,15-16,20H,6-7,12-14H2,1H3. The van der Waals surface area contributed by atoms with Gasteiger partial charge in [0.05, 0.1) is 23.9 Å². The van der Waals surface area contributed by atoms with Gasteiger partial charge in [0.15, 0.2) is 6.61 Å². The highest BCUT2D eigenvalue weighted by Gasteiger charge is 2.33. The maximum absolute atomic E-state index is 12.7. The number of rotatable bonds is 10. The summed E-state index contributed by atoms with van der Waals surface area (Å²) in [4.78, 5) is 31.1. The molecule has 32 heavy (non-hydrogen) atoms. The van der Waals surface area contributed by atoms with E-state index in [1.807, 2.05) is 29.6 Å². The van der Waals surface area contributed by atoms with Crippen LogP contribution < -0.4 is 9.47 Å². The molecule has 0 atom stereocenters. The Hall–Kier alpha value is -3.39. The summed E-state index contributed by atoms with van der Waals surface area (Å²) < 4.78 is 16.1. The Morgan fingerprint density at radius 2 is 1.78 bits per heavy atom. The molecule has 1 saturated carbocycles. The third-order valence-corrected chi connectivity index (χ3v) is 5.74. The molecule has 1 aromatic heterocycles. The van der Waals surface area contributed by atoms with Crippen LogP contribution in [-0.2, 0) is 22.7 Å². The van der Waals surface area contributed by atoms with Crippen LogP contribution in [-0.4, -0.2) is 41.5 Å². The molecule has 1 amide bonds. The summed E-state index contributed by atoms with van der Waals surface area (Å²) in [7, 11) is 1.62. The van der Waals surface area contributed by atoms with Gasteiger partial charge in [-0.2, -0.15) is 0 Å². The van der Waals surface area contributed by atoms with Crippen LogP contribution in [0.4, 0.5) is 0 Å². The van der Waals surface area contributed by atoms with E-state index in [0.29, 0.717) is 24.5 Å². The largest absolute Gasteiger partial charge is 0.497 e. The number of hydrogen-bond donors (Lipinski definition) is 0. The summed E-state index contributed by atoms with van der Waals surface area (Å²) in [6, 6.07) is 14.5. The molecule has 0 bridgehead atoms. The monoisotopic (exact) mass is 452 g/mol. The molecule has 1 heterocycles. The van der Waals surface area contributed by atoms with Gasteiger partial charge in [-0.1, -0.05) is 12.1 Å². The zero-order chi connectivity index (χ0) is 22.3. The number of thiazole rings is 1. The maximum atomic E-state index is 12.7. The lowest BCUT2D eigenvalue weighted by atomic mass is 10.2. The van der Waals surface area contributed by atoms with Crippen molar-refractivity contribution in [1.29, 1.82) is 0 Å². The Morgan fingerprint density at radius 3 is 2.41 bits per heavy atom. The molecular formula is C24H24N2O5S. The Balaban J connectivity index is 1.28. The van der Waals surface area contributed by atoms with E-state index in [0.717, 1.165) is 29.8 Å². The number of methoxy groups -OCH3 is 1. The minimum atomic E-state index is -0.537. The zero-order valence-corrected chi connectivity index (χ0v) is 18.5. The van der Waals surface area contributed by atoms with Crippen LogP contribution in [0.3, 0.4) is 0 Å². The first-order valence-electron chi connectivity index (χ1n) is 10.3. The molecular weight excluding hydrogens is 428 g/mol. The molecule has 0 N–H and O–H groups in total. The highest BCUT2D eigenvalue weighted by Crippen LogP contribution is 2.29. The van der Waals surface area contributed by atoms with E-state index < -0.39 is 5.97 Å². The normalized spacial score (nSPS) is 12.8. The Kier molecular flexibility index (Phi) is 7.01. The van der Waals surface area contributed by atoms with E-state index in [1.165, 1.54) is 11.3 Å². The van der Waals surface area contributed by atoms with E-state index >= 15 is 0 Å². The number of carbonyl (C=O) groups excluding carboxylic acids is 2. The smallest absolute Gasteiger partial charge is 0.338 e. The zero-order valence-electron chi connectivity index (χ0n) is 17.7. The predicted octanol–water partition coefficient (Wildman–Crippen LogP) is 4.08. The number of amides is 1. The first-order chi connectivity index (χ1) is 15.6. The number of ether oxygens (including phenoxy) is 3. The molecule has 166 valence electrons. The second-order valence-corrected chi connectivity index (χ2v) is 8.19. The molecule has 0 unspecified atom stereocenters. The topological polar surface area (TPSA) is 78.0 Å². The molecule has 8 heteroatoms. The summed E-state index contributed by atoms with van der Waals surface area (Å²) in [6.45, 7) is 0.566. The van der Waals surface area contributed by atoms with Gasteiger partial charge >= 0.3 is 5.97 Å². The van der Waals surface area contributed by atoms with Crippen LogP contribution in [0.15, 0.2) is 59.4 Å². The van der Waals surface area contributed by atoms with Crippen molar-refractivity contribution >= 4 is 23.2 Å². The number of nitrogens with zero attached hydrogens (tertiary/aromatic N) is 2. The van der Waals surface area contributed by atoms with E-state index in [-0.39, 0.29) is 18.6 Å². The van der Waals surface area contributed by atoms with Crippen molar-refractivity contribution in [3.05, 3.63) is 76.2 Å². The van der Waals surface area contributed by atoms with Gasteiger partial charge in [-0.3, -0.25) is 4.79 Å². The maximum Gasteiger partial charge on any atom is 0.338 e. The number of carbonyl (C=O) groups is 2. The van der Waals surface area contributed by atoms with Crippen molar-refractivity contribution in [2.75, 3.05) is 13.7 Å².